The van der Waals surface area contributed by atoms with Crippen molar-refractivity contribution in [3.8, 4) is 0 Å². The van der Waals surface area contributed by atoms with Crippen molar-refractivity contribution in [3.63, 3.8) is 0 Å². The molecule has 2 aromatic rings. The maximum Gasteiger partial charge on any atom is 0.110 e. The van der Waals surface area contributed by atoms with Gasteiger partial charge in [0.05, 0.1) is 12.3 Å². The van der Waals surface area contributed by atoms with Crippen LogP contribution in [0.2, 0.25) is 5.02 Å². The van der Waals surface area contributed by atoms with Gasteiger partial charge < -0.3 is 14.9 Å². The number of benzene rings is 1. The molecule has 0 radical (unpaired) electrons. The molecular weight excluding hydrogens is 421 g/mol. The van der Waals surface area contributed by atoms with E-state index in [9.17, 15) is 0 Å². The van der Waals surface area contributed by atoms with Crippen LogP contribution in [0.1, 0.15) is 6.42 Å². The van der Waals surface area contributed by atoms with Crippen molar-refractivity contribution in [1.82, 2.24) is 9.80 Å². The zero-order chi connectivity index (χ0) is 17.9. The van der Waals surface area contributed by atoms with Crippen LogP contribution in [0.25, 0.3) is 0 Å². The Labute approximate surface area is 180 Å². The first-order chi connectivity index (χ1) is 12.7. The summed E-state index contributed by atoms with van der Waals surface area (Å²) in [6.07, 6.45) is 1.13. The highest BCUT2D eigenvalue weighted by Crippen LogP contribution is 2.51. The summed E-state index contributed by atoms with van der Waals surface area (Å²) in [7, 11) is 0. The van der Waals surface area contributed by atoms with Crippen LogP contribution in [-0.2, 0) is 0 Å². The molecule has 0 unspecified atom stereocenters. The first-order valence-corrected chi connectivity index (χ1v) is 11.2. The molecule has 2 aliphatic heterocycles. The molecule has 148 valence electrons. The molecule has 0 atom stereocenters. The van der Waals surface area contributed by atoms with Gasteiger partial charge in [-0.25, -0.2) is 0 Å². The van der Waals surface area contributed by atoms with E-state index < -0.39 is 0 Å². The number of rotatable bonds is 6. The highest BCUT2D eigenvalue weighted by Gasteiger charge is 2.25. The molecule has 8 heteroatoms. The molecule has 1 aromatic heterocycles. The van der Waals surface area contributed by atoms with Gasteiger partial charge in [0.1, 0.15) is 5.00 Å². The smallest absolute Gasteiger partial charge is 0.110 e. The summed E-state index contributed by atoms with van der Waals surface area (Å²) in [6, 6.07) is 8.43. The summed E-state index contributed by atoms with van der Waals surface area (Å²) in [5.74, 6) is 0. The first kappa shape index (κ1) is 21.2. The number of aliphatic hydroxyl groups excluding tert-OH is 1. The van der Waals surface area contributed by atoms with Crippen molar-refractivity contribution in [2.24, 2.45) is 0 Å². The molecule has 2 aliphatic rings. The third-order valence-electron chi connectivity index (χ3n) is 5.02. The zero-order valence-corrected chi connectivity index (χ0v) is 18.3. The van der Waals surface area contributed by atoms with Crippen LogP contribution in [0.15, 0.2) is 39.4 Å². The normalized spacial score (nSPS) is 17.3. The predicted molar refractivity (Wildman–Crippen MR) is 119 cm³/mol. The van der Waals surface area contributed by atoms with Gasteiger partial charge in [0, 0.05) is 54.1 Å². The van der Waals surface area contributed by atoms with Crippen LogP contribution < -0.4 is 4.90 Å². The average molecular weight is 446 g/mol. The topological polar surface area (TPSA) is 30.0 Å². The summed E-state index contributed by atoms with van der Waals surface area (Å²) in [5, 5.41) is 13.4. The molecule has 4 nitrogen and oxygen atoms in total. The van der Waals surface area contributed by atoms with E-state index in [1.807, 2.05) is 29.2 Å². The maximum absolute atomic E-state index is 9.06. The fourth-order valence-electron chi connectivity index (χ4n) is 3.63. The fourth-order valence-corrected chi connectivity index (χ4v) is 5.97. The van der Waals surface area contributed by atoms with Gasteiger partial charge in [-0.15, -0.1) is 23.7 Å². The van der Waals surface area contributed by atoms with Gasteiger partial charge >= 0.3 is 0 Å². The minimum atomic E-state index is 0. The fraction of sp³-hybridized carbons (Fsp3) is 0.474. The lowest BCUT2D eigenvalue weighted by Crippen LogP contribution is -2.47. The molecule has 0 spiro atoms. The molecule has 1 fully saturated rings. The highest BCUT2D eigenvalue weighted by molar-refractivity contribution is 8.00. The zero-order valence-electron chi connectivity index (χ0n) is 15.1. The molecule has 1 saturated heterocycles. The number of piperazine rings is 1. The van der Waals surface area contributed by atoms with Gasteiger partial charge in [0.15, 0.2) is 0 Å². The molecule has 1 N–H and O–H groups in total. The molecule has 3 heterocycles. The summed E-state index contributed by atoms with van der Waals surface area (Å²) in [5.41, 5.74) is 1.24. The summed E-state index contributed by atoms with van der Waals surface area (Å²) in [6.45, 7) is 7.52. The Morgan fingerprint density at radius 2 is 1.70 bits per heavy atom. The summed E-state index contributed by atoms with van der Waals surface area (Å²) in [4.78, 5) is 9.97. The Bertz CT molecular complexity index is 750. The van der Waals surface area contributed by atoms with Crippen molar-refractivity contribution in [1.29, 1.82) is 0 Å². The monoisotopic (exact) mass is 445 g/mol. The molecule has 0 bridgehead atoms. The van der Waals surface area contributed by atoms with E-state index >= 15 is 0 Å². The third kappa shape index (κ3) is 4.93. The summed E-state index contributed by atoms with van der Waals surface area (Å²) >= 11 is 9.93. The predicted octanol–water partition coefficient (Wildman–Crippen LogP) is 4.43. The Kier molecular flexibility index (Phi) is 7.74. The van der Waals surface area contributed by atoms with E-state index in [1.165, 1.54) is 20.5 Å². The molecule has 1 aromatic carbocycles. The van der Waals surface area contributed by atoms with Gasteiger partial charge in [0.2, 0.25) is 0 Å². The number of β-amino-alcohol motifs (C(OH)–C–C–N with tert-alkyl or cyclic N) is 1. The highest BCUT2D eigenvalue weighted by atomic mass is 35.5. The minimum Gasteiger partial charge on any atom is -0.395 e. The second-order valence-electron chi connectivity index (χ2n) is 6.72. The van der Waals surface area contributed by atoms with Crippen LogP contribution in [-0.4, -0.2) is 67.3 Å². The van der Waals surface area contributed by atoms with Crippen LogP contribution in [0, 0.1) is 0 Å². The van der Waals surface area contributed by atoms with Gasteiger partial charge in [-0.2, -0.15) is 0 Å². The SMILES string of the molecule is Cl.OCCN1CCN(CCCN2c3cc(Cl)ccc3Sc3ccsc32)CC1. The third-order valence-corrected chi connectivity index (χ3v) is 7.44. The van der Waals surface area contributed by atoms with Crippen LogP contribution >= 0.6 is 47.1 Å². The lowest BCUT2D eigenvalue weighted by Gasteiger charge is -2.35. The van der Waals surface area contributed by atoms with Crippen molar-refractivity contribution in [3.05, 3.63) is 34.7 Å². The van der Waals surface area contributed by atoms with Crippen molar-refractivity contribution < 1.29 is 5.11 Å². The molecule has 0 aliphatic carbocycles. The Balaban J connectivity index is 0.00000210. The van der Waals surface area contributed by atoms with E-state index in [2.05, 4.69) is 38.3 Å². The molecule has 4 rings (SSSR count). The van der Waals surface area contributed by atoms with Crippen LogP contribution in [0.4, 0.5) is 10.7 Å². The molecular formula is C19H25Cl2N3OS2. The Morgan fingerprint density at radius 3 is 2.44 bits per heavy atom. The number of aliphatic hydroxyl groups is 1. The quantitative estimate of drug-likeness (QED) is 0.710. The molecule has 27 heavy (non-hydrogen) atoms. The summed E-state index contributed by atoms with van der Waals surface area (Å²) < 4.78 is 0. The van der Waals surface area contributed by atoms with Gasteiger partial charge in [-0.3, -0.25) is 4.90 Å². The Morgan fingerprint density at radius 1 is 0.963 bits per heavy atom. The average Bonchev–Trinajstić information content (AvgIpc) is 3.11. The number of halogens is 2. The van der Waals surface area contributed by atoms with E-state index in [0.29, 0.717) is 0 Å². The second kappa shape index (κ2) is 9.83. The van der Waals surface area contributed by atoms with Crippen molar-refractivity contribution in [2.45, 2.75) is 16.2 Å². The van der Waals surface area contributed by atoms with Crippen molar-refractivity contribution >= 4 is 57.8 Å². The minimum absolute atomic E-state index is 0. The first-order valence-electron chi connectivity index (χ1n) is 9.12. The van der Waals surface area contributed by atoms with E-state index in [4.69, 9.17) is 16.7 Å². The second-order valence-corrected chi connectivity index (χ2v) is 9.13. The number of nitrogens with zero attached hydrogens (tertiary/aromatic N) is 3. The number of anilines is 2. The lowest BCUT2D eigenvalue weighted by atomic mass is 10.2. The largest absolute Gasteiger partial charge is 0.395 e. The van der Waals surface area contributed by atoms with Crippen molar-refractivity contribution in [2.75, 3.05) is 57.3 Å². The number of hydrogen-bond donors (Lipinski definition) is 1. The molecule has 0 amide bonds. The number of thiophene rings is 1. The van der Waals surface area contributed by atoms with E-state index in [-0.39, 0.29) is 19.0 Å². The van der Waals surface area contributed by atoms with Crippen LogP contribution in [0.5, 0.6) is 0 Å². The lowest BCUT2D eigenvalue weighted by molar-refractivity contribution is 0.112. The standard InChI is InChI=1S/C19H24ClN3OS2.ClH/c20-15-2-3-17-16(14-15)23(19-18(26-17)4-13-25-19)6-1-5-21-7-9-22(10-8-21)11-12-24;/h2-4,13-14,24H,1,5-12H2;1H. The van der Waals surface area contributed by atoms with Crippen LogP contribution in [0.3, 0.4) is 0 Å². The Hall–Kier alpha value is -0.470. The number of hydrogen-bond acceptors (Lipinski definition) is 6. The van der Waals surface area contributed by atoms with Gasteiger partial charge in [-0.1, -0.05) is 23.4 Å². The maximum atomic E-state index is 9.06. The molecule has 0 saturated carbocycles. The van der Waals surface area contributed by atoms with E-state index in [1.54, 1.807) is 0 Å². The van der Waals surface area contributed by atoms with Gasteiger partial charge in [0.25, 0.3) is 0 Å². The number of fused-ring (bicyclic) bond motifs is 2. The van der Waals surface area contributed by atoms with E-state index in [0.717, 1.165) is 57.3 Å². The van der Waals surface area contributed by atoms with Gasteiger partial charge in [-0.05, 0) is 42.6 Å².